The summed E-state index contributed by atoms with van der Waals surface area (Å²) >= 11 is 0. The number of phosphoric acid groups is 1. The molecule has 0 amide bonds. The van der Waals surface area contributed by atoms with Crippen molar-refractivity contribution in [2.45, 2.75) is 137 Å². The number of nitrogens with zero attached hydrogens (tertiary/aromatic N) is 1. The smallest absolute Gasteiger partial charge is 0.457 e. The molecule has 0 aromatic heterocycles. The van der Waals surface area contributed by atoms with Crippen LogP contribution in [0.5, 0.6) is 0 Å². The van der Waals surface area contributed by atoms with Crippen molar-refractivity contribution in [3.05, 3.63) is 38.0 Å². The maximum Gasteiger partial charge on any atom is 0.472 e. The standard InChI is InChI=1S/C29H58NO7P.2C3H6.CH4/c1-6-8-10-11-12-13-14-15-16-17-18-19-20-21-24-34-26-28(37-29(31)22-9-7-2)27-36-38(32,33)35-25-23-30(3,4)5;2*1-3-2;/h7,28H,2,6,8-27H2,1,3-5H3;2*3H,1H2,2H3;1H4/p+1/t28-;;;/m1.../s1. The number of rotatable bonds is 28. The zero-order valence-corrected chi connectivity index (χ0v) is 30.5. The van der Waals surface area contributed by atoms with Crippen molar-refractivity contribution in [3.8, 4) is 0 Å². The highest BCUT2D eigenvalue weighted by Gasteiger charge is 2.26. The summed E-state index contributed by atoms with van der Waals surface area (Å²) < 4.78 is 34.0. The Kier molecular flexibility index (Phi) is 41.8. The summed E-state index contributed by atoms with van der Waals surface area (Å²) in [6, 6.07) is 0. The van der Waals surface area contributed by atoms with Crippen LogP contribution in [0.15, 0.2) is 38.0 Å². The van der Waals surface area contributed by atoms with E-state index in [2.05, 4.69) is 26.7 Å². The lowest BCUT2D eigenvalue weighted by Gasteiger charge is -2.24. The van der Waals surface area contributed by atoms with Crippen molar-refractivity contribution in [3.63, 3.8) is 0 Å². The molecule has 1 unspecified atom stereocenters. The Labute approximate surface area is 279 Å². The number of esters is 1. The molecule has 0 aromatic carbocycles. The van der Waals surface area contributed by atoms with Gasteiger partial charge in [0.1, 0.15) is 19.3 Å². The number of quaternary nitrogens is 1. The lowest BCUT2D eigenvalue weighted by Crippen LogP contribution is -2.37. The van der Waals surface area contributed by atoms with Gasteiger partial charge in [0.15, 0.2) is 0 Å². The Morgan fingerprint density at radius 3 is 1.64 bits per heavy atom. The Bertz CT molecular complexity index is 704. The van der Waals surface area contributed by atoms with E-state index in [9.17, 15) is 14.3 Å². The number of hydrogen-bond donors (Lipinski definition) is 1. The average Bonchev–Trinajstić information content (AvgIpc) is 2.94. The number of hydrogen-bond acceptors (Lipinski definition) is 6. The second-order valence-electron chi connectivity index (χ2n) is 12.0. The number of phosphoric ester groups is 1. The molecule has 0 spiro atoms. The van der Waals surface area contributed by atoms with Gasteiger partial charge in [-0.3, -0.25) is 13.8 Å². The normalized spacial score (nSPS) is 12.6. The second kappa shape index (κ2) is 37.2. The van der Waals surface area contributed by atoms with Crippen LogP contribution in [0.2, 0.25) is 0 Å². The fraction of sp³-hybridized carbons (Fsp3) is 0.806. The van der Waals surface area contributed by atoms with Crippen molar-refractivity contribution >= 4 is 13.8 Å². The summed E-state index contributed by atoms with van der Waals surface area (Å²) in [6.07, 6.45) is 23.2. The summed E-state index contributed by atoms with van der Waals surface area (Å²) in [4.78, 5) is 22.0. The van der Waals surface area contributed by atoms with E-state index in [-0.39, 0.29) is 33.7 Å². The van der Waals surface area contributed by atoms with E-state index in [1.165, 1.54) is 77.0 Å². The summed E-state index contributed by atoms with van der Waals surface area (Å²) in [6.45, 7) is 17.4. The largest absolute Gasteiger partial charge is 0.472 e. The van der Waals surface area contributed by atoms with Crippen molar-refractivity contribution in [2.24, 2.45) is 0 Å². The summed E-state index contributed by atoms with van der Waals surface area (Å²) in [5.41, 5.74) is 0. The maximum atomic E-state index is 12.2. The van der Waals surface area contributed by atoms with E-state index >= 15 is 0 Å². The predicted octanol–water partition coefficient (Wildman–Crippen LogP) is 10.2. The minimum Gasteiger partial charge on any atom is -0.457 e. The van der Waals surface area contributed by atoms with Gasteiger partial charge in [-0.1, -0.05) is 116 Å². The Morgan fingerprint density at radius 2 is 1.22 bits per heavy atom. The van der Waals surface area contributed by atoms with Crippen LogP contribution < -0.4 is 0 Å². The molecule has 2 atom stereocenters. The van der Waals surface area contributed by atoms with Crippen LogP contribution in [0, 0.1) is 0 Å². The zero-order valence-electron chi connectivity index (χ0n) is 29.6. The third-order valence-corrected chi connectivity index (χ3v) is 7.22. The molecule has 0 aliphatic rings. The van der Waals surface area contributed by atoms with E-state index in [1.807, 2.05) is 35.0 Å². The van der Waals surface area contributed by atoms with E-state index in [4.69, 9.17) is 18.5 Å². The molecule has 0 aromatic rings. The number of ether oxygens (including phenoxy) is 2. The van der Waals surface area contributed by atoms with Crippen LogP contribution in [0.3, 0.4) is 0 Å². The van der Waals surface area contributed by atoms with Gasteiger partial charge in [-0.2, -0.15) is 0 Å². The molecule has 0 saturated carbocycles. The van der Waals surface area contributed by atoms with Crippen molar-refractivity contribution < 1.29 is 37.3 Å². The Balaban J connectivity index is -0.00000110. The Hall–Kier alpha value is -1.28. The third kappa shape index (κ3) is 47.2. The SMILES string of the molecule is C.C=CC.C=CC.C=CCCC(=O)O[C@H](COCCCCCCCCCCCCCCCC)COP(=O)(O)OCC[N+](C)(C)C. The topological polar surface area (TPSA) is 91.3 Å². The molecule has 0 aliphatic heterocycles. The lowest BCUT2D eigenvalue weighted by molar-refractivity contribution is -0.870. The van der Waals surface area contributed by atoms with Crippen molar-refractivity contribution in [2.75, 3.05) is 54.1 Å². The quantitative estimate of drug-likeness (QED) is 0.0293. The number of allylic oxidation sites excluding steroid dienone is 3. The molecule has 0 aliphatic carbocycles. The second-order valence-corrected chi connectivity index (χ2v) is 13.5. The molecule has 0 heterocycles. The molecular formula is C36H75NO7P+. The first-order chi connectivity index (χ1) is 20.9. The van der Waals surface area contributed by atoms with Crippen molar-refractivity contribution in [1.29, 1.82) is 0 Å². The van der Waals surface area contributed by atoms with Crippen LogP contribution in [0.1, 0.15) is 131 Å². The lowest BCUT2D eigenvalue weighted by atomic mass is 10.0. The molecular weight excluding hydrogens is 589 g/mol. The van der Waals surface area contributed by atoms with Gasteiger partial charge in [-0.25, -0.2) is 4.57 Å². The molecule has 270 valence electrons. The fourth-order valence-electron chi connectivity index (χ4n) is 3.84. The van der Waals surface area contributed by atoms with Crippen LogP contribution >= 0.6 is 7.82 Å². The van der Waals surface area contributed by atoms with Gasteiger partial charge in [-0.15, -0.1) is 19.7 Å². The van der Waals surface area contributed by atoms with Gasteiger partial charge in [0, 0.05) is 13.0 Å². The molecule has 0 fully saturated rings. The number of likely N-dealkylation sites (N-methyl/N-ethyl adjacent to an activating group) is 1. The molecule has 8 nitrogen and oxygen atoms in total. The van der Waals surface area contributed by atoms with Gasteiger partial charge in [0.2, 0.25) is 0 Å². The molecule has 0 bridgehead atoms. The van der Waals surface area contributed by atoms with E-state index in [0.717, 1.165) is 12.8 Å². The third-order valence-electron chi connectivity index (χ3n) is 6.24. The summed E-state index contributed by atoms with van der Waals surface area (Å²) in [5, 5.41) is 0. The monoisotopic (exact) mass is 665 g/mol. The van der Waals surface area contributed by atoms with Crippen LogP contribution in [0.4, 0.5) is 0 Å². The van der Waals surface area contributed by atoms with Gasteiger partial charge in [0.25, 0.3) is 0 Å². The average molecular weight is 665 g/mol. The van der Waals surface area contributed by atoms with Crippen LogP contribution in [-0.2, 0) is 27.9 Å². The number of carbonyl (C=O) groups is 1. The molecule has 0 saturated heterocycles. The zero-order chi connectivity index (χ0) is 34.0. The van der Waals surface area contributed by atoms with E-state index in [1.54, 1.807) is 18.2 Å². The van der Waals surface area contributed by atoms with Gasteiger partial charge in [-0.05, 0) is 26.7 Å². The molecule has 1 N–H and O–H groups in total. The van der Waals surface area contributed by atoms with Crippen molar-refractivity contribution in [1.82, 2.24) is 0 Å². The fourth-order valence-corrected chi connectivity index (χ4v) is 4.58. The maximum absolute atomic E-state index is 12.2. The Morgan fingerprint density at radius 1 is 0.778 bits per heavy atom. The van der Waals surface area contributed by atoms with Crippen LogP contribution in [-0.4, -0.2) is 75.6 Å². The van der Waals surface area contributed by atoms with E-state index in [0.29, 0.717) is 24.1 Å². The first-order valence-corrected chi connectivity index (χ1v) is 18.4. The highest BCUT2D eigenvalue weighted by Crippen LogP contribution is 2.43. The van der Waals surface area contributed by atoms with E-state index < -0.39 is 19.9 Å². The summed E-state index contributed by atoms with van der Waals surface area (Å²) in [7, 11) is 1.63. The number of unbranched alkanes of at least 4 members (excludes halogenated alkanes) is 13. The number of carbonyl (C=O) groups excluding carboxylic acids is 1. The minimum absolute atomic E-state index is 0. The highest BCUT2D eigenvalue weighted by atomic mass is 31.2. The first-order valence-electron chi connectivity index (χ1n) is 16.9. The predicted molar refractivity (Wildman–Crippen MR) is 194 cm³/mol. The molecule has 45 heavy (non-hydrogen) atoms. The van der Waals surface area contributed by atoms with Gasteiger partial charge < -0.3 is 18.9 Å². The summed E-state index contributed by atoms with van der Waals surface area (Å²) in [5.74, 6) is -0.419. The first kappa shape index (κ1) is 50.6. The van der Waals surface area contributed by atoms with Crippen LogP contribution in [0.25, 0.3) is 0 Å². The molecule has 0 rings (SSSR count). The minimum atomic E-state index is -4.25. The molecule has 0 radical (unpaired) electrons. The highest BCUT2D eigenvalue weighted by molar-refractivity contribution is 7.47. The van der Waals surface area contributed by atoms with Gasteiger partial charge >= 0.3 is 13.8 Å². The molecule has 9 heteroatoms. The van der Waals surface area contributed by atoms with Gasteiger partial charge in [0.05, 0.1) is 34.4 Å².